The third kappa shape index (κ3) is 1.13. The molecule has 0 aliphatic carbocycles. The van der Waals surface area contributed by atoms with Crippen molar-refractivity contribution in [2.24, 2.45) is 0 Å². The number of thiol groups is 1. The Morgan fingerprint density at radius 3 is 3.31 bits per heavy atom. The summed E-state index contributed by atoms with van der Waals surface area (Å²) in [5.74, 6) is 2.48. The normalized spacial score (nSPS) is 49.6. The van der Waals surface area contributed by atoms with Gasteiger partial charge < -0.3 is 0 Å². The van der Waals surface area contributed by atoms with Crippen LogP contribution in [0.4, 0.5) is 0 Å². The molecule has 3 heteroatoms. The topological polar surface area (TPSA) is 3.24 Å². The zero-order valence-electron chi connectivity index (χ0n) is 7.91. The number of hydrogen-bond acceptors (Lipinski definition) is 3. The van der Waals surface area contributed by atoms with Crippen molar-refractivity contribution in [1.29, 1.82) is 0 Å². The lowest BCUT2D eigenvalue weighted by atomic mass is 9.96. The molecule has 3 atom stereocenters. The first-order valence-corrected chi connectivity index (χ1v) is 7.03. The predicted molar refractivity (Wildman–Crippen MR) is 61.8 cm³/mol. The molecular formula is C10H17NS2. The summed E-state index contributed by atoms with van der Waals surface area (Å²) in [6.07, 6.45) is 5.68. The molecular weight excluding hydrogens is 198 g/mol. The predicted octanol–water partition coefficient (Wildman–Crippen LogP) is 2.03. The van der Waals surface area contributed by atoms with E-state index < -0.39 is 0 Å². The minimum Gasteiger partial charge on any atom is -0.293 e. The minimum atomic E-state index is 0.520. The molecule has 0 aromatic carbocycles. The van der Waals surface area contributed by atoms with Crippen molar-refractivity contribution in [3.05, 3.63) is 0 Å². The fourth-order valence-corrected chi connectivity index (χ4v) is 5.58. The molecule has 3 heterocycles. The fraction of sp³-hybridized carbons (Fsp3) is 1.00. The van der Waals surface area contributed by atoms with Crippen molar-refractivity contribution in [1.82, 2.24) is 4.90 Å². The van der Waals surface area contributed by atoms with Crippen LogP contribution in [0.25, 0.3) is 0 Å². The van der Waals surface area contributed by atoms with Crippen LogP contribution in [0, 0.1) is 0 Å². The number of rotatable bonds is 1. The summed E-state index contributed by atoms with van der Waals surface area (Å²) in [6.45, 7) is 1.35. The highest BCUT2D eigenvalue weighted by Gasteiger charge is 2.54. The monoisotopic (exact) mass is 215 g/mol. The van der Waals surface area contributed by atoms with Crippen LogP contribution >= 0.6 is 24.4 Å². The molecule has 74 valence electrons. The van der Waals surface area contributed by atoms with E-state index in [1.165, 1.54) is 38.0 Å². The molecule has 0 N–H and O–H groups in total. The van der Waals surface area contributed by atoms with Gasteiger partial charge in [-0.05, 0) is 38.0 Å². The second-order valence-corrected chi connectivity index (χ2v) is 6.31. The van der Waals surface area contributed by atoms with Crippen LogP contribution in [-0.2, 0) is 0 Å². The molecule has 0 saturated carbocycles. The lowest BCUT2D eigenvalue weighted by Gasteiger charge is -2.33. The van der Waals surface area contributed by atoms with Crippen molar-refractivity contribution >= 4 is 24.4 Å². The maximum atomic E-state index is 4.57. The van der Waals surface area contributed by atoms with Gasteiger partial charge in [0.1, 0.15) is 0 Å². The van der Waals surface area contributed by atoms with Crippen molar-refractivity contribution in [2.45, 2.75) is 42.5 Å². The minimum absolute atomic E-state index is 0.520. The van der Waals surface area contributed by atoms with E-state index in [1.807, 2.05) is 0 Å². The SMILES string of the molecule is SC[C@@]12CCCN1[C@H]1CCS[C@H]1C2. The highest BCUT2D eigenvalue weighted by atomic mass is 32.2. The van der Waals surface area contributed by atoms with Crippen LogP contribution in [0.2, 0.25) is 0 Å². The fourth-order valence-electron chi connectivity index (χ4n) is 3.49. The van der Waals surface area contributed by atoms with E-state index in [-0.39, 0.29) is 0 Å². The first-order chi connectivity index (χ1) is 6.36. The Hall–Kier alpha value is 0.660. The molecule has 0 amide bonds. The molecule has 3 rings (SSSR count). The van der Waals surface area contributed by atoms with Gasteiger partial charge in [-0.2, -0.15) is 24.4 Å². The Labute approximate surface area is 90.0 Å². The lowest BCUT2D eigenvalue weighted by Crippen LogP contribution is -2.43. The molecule has 3 aliphatic heterocycles. The van der Waals surface area contributed by atoms with E-state index in [0.29, 0.717) is 5.54 Å². The van der Waals surface area contributed by atoms with Crippen LogP contribution in [-0.4, -0.2) is 39.8 Å². The van der Waals surface area contributed by atoms with E-state index >= 15 is 0 Å². The lowest BCUT2D eigenvalue weighted by molar-refractivity contribution is 0.172. The molecule has 3 fully saturated rings. The zero-order chi connectivity index (χ0) is 8.89. The average Bonchev–Trinajstić information content (AvgIpc) is 2.72. The van der Waals surface area contributed by atoms with Gasteiger partial charge in [0, 0.05) is 22.6 Å². The first kappa shape index (κ1) is 8.93. The van der Waals surface area contributed by atoms with Gasteiger partial charge in [0.15, 0.2) is 0 Å². The summed E-state index contributed by atoms with van der Waals surface area (Å²) in [5.41, 5.74) is 0.520. The first-order valence-electron chi connectivity index (χ1n) is 5.35. The van der Waals surface area contributed by atoms with Gasteiger partial charge in [0.2, 0.25) is 0 Å². The van der Waals surface area contributed by atoms with Crippen molar-refractivity contribution < 1.29 is 0 Å². The zero-order valence-corrected chi connectivity index (χ0v) is 9.62. The average molecular weight is 215 g/mol. The molecule has 3 aliphatic rings. The van der Waals surface area contributed by atoms with Crippen LogP contribution < -0.4 is 0 Å². The highest BCUT2D eigenvalue weighted by molar-refractivity contribution is 8.00. The summed E-state index contributed by atoms with van der Waals surface area (Å²) >= 11 is 6.78. The van der Waals surface area contributed by atoms with Crippen molar-refractivity contribution in [3.8, 4) is 0 Å². The molecule has 3 saturated heterocycles. The van der Waals surface area contributed by atoms with Crippen LogP contribution in [0.5, 0.6) is 0 Å². The summed E-state index contributed by atoms with van der Waals surface area (Å²) in [5, 5.41) is 0.951. The summed E-state index contributed by atoms with van der Waals surface area (Å²) in [4.78, 5) is 2.80. The van der Waals surface area contributed by atoms with Crippen molar-refractivity contribution in [3.63, 3.8) is 0 Å². The molecule has 0 spiro atoms. The van der Waals surface area contributed by atoms with Gasteiger partial charge in [-0.25, -0.2) is 0 Å². The van der Waals surface area contributed by atoms with Crippen LogP contribution in [0.1, 0.15) is 25.7 Å². The molecule has 0 bridgehead atoms. The second-order valence-electron chi connectivity index (χ2n) is 4.65. The number of nitrogens with zero attached hydrogens (tertiary/aromatic N) is 1. The quantitative estimate of drug-likeness (QED) is 0.667. The van der Waals surface area contributed by atoms with E-state index in [0.717, 1.165) is 17.0 Å². The van der Waals surface area contributed by atoms with Crippen molar-refractivity contribution in [2.75, 3.05) is 18.1 Å². The Balaban J connectivity index is 1.89. The highest BCUT2D eigenvalue weighted by Crippen LogP contribution is 2.51. The van der Waals surface area contributed by atoms with Crippen LogP contribution in [0.3, 0.4) is 0 Å². The van der Waals surface area contributed by atoms with Crippen LogP contribution in [0.15, 0.2) is 0 Å². The molecule has 0 unspecified atom stereocenters. The number of thioether (sulfide) groups is 1. The second kappa shape index (κ2) is 3.07. The van der Waals surface area contributed by atoms with Gasteiger partial charge in [0.05, 0.1) is 0 Å². The Bertz CT molecular complexity index is 221. The molecule has 1 nitrogen and oxygen atoms in total. The molecule has 0 radical (unpaired) electrons. The molecule has 0 aromatic heterocycles. The van der Waals surface area contributed by atoms with Gasteiger partial charge >= 0.3 is 0 Å². The summed E-state index contributed by atoms with van der Waals surface area (Å²) < 4.78 is 0. The number of hydrogen-bond donors (Lipinski definition) is 1. The van der Waals surface area contributed by atoms with Gasteiger partial charge in [0.25, 0.3) is 0 Å². The molecule has 13 heavy (non-hydrogen) atoms. The van der Waals surface area contributed by atoms with Gasteiger partial charge in [-0.1, -0.05) is 0 Å². The Kier molecular flexibility index (Phi) is 2.11. The maximum Gasteiger partial charge on any atom is 0.0312 e. The van der Waals surface area contributed by atoms with E-state index in [2.05, 4.69) is 29.3 Å². The van der Waals surface area contributed by atoms with Gasteiger partial charge in [-0.15, -0.1) is 0 Å². The largest absolute Gasteiger partial charge is 0.293 e. The number of fused-ring (bicyclic) bond motifs is 3. The third-order valence-electron chi connectivity index (χ3n) is 4.10. The third-order valence-corrected chi connectivity index (χ3v) is 6.07. The standard InChI is InChI=1S/C10H17NS2/c12-7-10-3-1-4-11(10)8-2-5-13-9(8)6-10/h8-9,12H,1-7H2/t8-,9-,10-/m0/s1. The van der Waals surface area contributed by atoms with E-state index in [9.17, 15) is 0 Å². The van der Waals surface area contributed by atoms with E-state index in [4.69, 9.17) is 0 Å². The summed E-state index contributed by atoms with van der Waals surface area (Å²) in [7, 11) is 0. The maximum absolute atomic E-state index is 4.57. The van der Waals surface area contributed by atoms with Gasteiger partial charge in [-0.3, -0.25) is 4.90 Å². The smallest absolute Gasteiger partial charge is 0.0312 e. The Morgan fingerprint density at radius 1 is 1.54 bits per heavy atom. The Morgan fingerprint density at radius 2 is 2.46 bits per heavy atom. The van der Waals surface area contributed by atoms with E-state index in [1.54, 1.807) is 0 Å². The molecule has 0 aromatic rings. The summed E-state index contributed by atoms with van der Waals surface area (Å²) in [6, 6.07) is 0.916.